The predicted octanol–water partition coefficient (Wildman–Crippen LogP) is 2.28. The molecule has 0 saturated heterocycles. The molecule has 1 rings (SSSR count). The summed E-state index contributed by atoms with van der Waals surface area (Å²) in [6.07, 6.45) is 9.15. The molecule has 0 unspecified atom stereocenters. The number of hydrogen-bond acceptors (Lipinski definition) is 1. The van der Waals surface area contributed by atoms with E-state index in [-0.39, 0.29) is 0 Å². The van der Waals surface area contributed by atoms with Crippen molar-refractivity contribution in [1.82, 2.24) is 4.98 Å². The lowest BCUT2D eigenvalue weighted by molar-refractivity contribution is 1.32. The molecule has 10 heavy (non-hydrogen) atoms. The van der Waals surface area contributed by atoms with Crippen LogP contribution in [0.25, 0.3) is 6.08 Å². The van der Waals surface area contributed by atoms with Crippen LogP contribution in [0.1, 0.15) is 5.56 Å². The fourth-order valence-corrected chi connectivity index (χ4v) is 0.654. The Morgan fingerprint density at radius 2 is 2.40 bits per heavy atom. The van der Waals surface area contributed by atoms with Gasteiger partial charge in [0.1, 0.15) is 0 Å². The fraction of sp³-hybridized carbons (Fsp3) is 0. The lowest BCUT2D eigenvalue weighted by Gasteiger charge is -1.86. The molecule has 1 nitrogen and oxygen atoms in total. The van der Waals surface area contributed by atoms with Gasteiger partial charge in [-0.1, -0.05) is 30.9 Å². The minimum absolute atomic E-state index is 1.10. The molecule has 0 atom stereocenters. The van der Waals surface area contributed by atoms with E-state index < -0.39 is 0 Å². The highest BCUT2D eigenvalue weighted by atomic mass is 14.6. The van der Waals surface area contributed by atoms with E-state index in [0.717, 1.165) is 5.56 Å². The number of hydrogen-bond donors (Lipinski definition) is 0. The van der Waals surface area contributed by atoms with Crippen LogP contribution in [0.4, 0.5) is 0 Å². The molecule has 1 heteroatoms. The maximum absolute atomic E-state index is 3.95. The molecule has 50 valence electrons. The molecule has 0 amide bonds. The molecule has 0 aromatic carbocycles. The molecule has 0 aliphatic rings. The third-order valence-corrected chi connectivity index (χ3v) is 1.11. The third-order valence-electron chi connectivity index (χ3n) is 1.11. The highest BCUT2D eigenvalue weighted by molar-refractivity contribution is 5.48. The van der Waals surface area contributed by atoms with Crippen molar-refractivity contribution in [2.45, 2.75) is 0 Å². The quantitative estimate of drug-likeness (QED) is 0.561. The van der Waals surface area contributed by atoms with Gasteiger partial charge in [0, 0.05) is 12.4 Å². The van der Waals surface area contributed by atoms with Crippen LogP contribution < -0.4 is 0 Å². The molecule has 0 radical (unpaired) electrons. The fourth-order valence-electron chi connectivity index (χ4n) is 0.654. The maximum Gasteiger partial charge on any atom is 0.0340 e. The first-order valence-corrected chi connectivity index (χ1v) is 3.12. The van der Waals surface area contributed by atoms with Gasteiger partial charge in [-0.3, -0.25) is 4.98 Å². The van der Waals surface area contributed by atoms with Crippen molar-refractivity contribution in [2.24, 2.45) is 0 Å². The topological polar surface area (TPSA) is 12.9 Å². The van der Waals surface area contributed by atoms with Gasteiger partial charge in [0.25, 0.3) is 0 Å². The van der Waals surface area contributed by atoms with E-state index in [1.165, 1.54) is 0 Å². The standard InChI is InChI=1S/C9H9N/c1-2-3-5-9-6-4-7-10-8-9/h2-8H,1H2. The number of allylic oxidation sites excluding steroid dienone is 2. The van der Waals surface area contributed by atoms with Gasteiger partial charge in [0.2, 0.25) is 0 Å². The molecule has 0 spiro atoms. The summed E-state index contributed by atoms with van der Waals surface area (Å²) in [4.78, 5) is 3.95. The second kappa shape index (κ2) is 3.62. The van der Waals surface area contributed by atoms with E-state index in [1.54, 1.807) is 18.5 Å². The molecule has 0 fully saturated rings. The van der Waals surface area contributed by atoms with Crippen molar-refractivity contribution in [3.05, 3.63) is 48.8 Å². The summed E-state index contributed by atoms with van der Waals surface area (Å²) < 4.78 is 0. The van der Waals surface area contributed by atoms with E-state index >= 15 is 0 Å². The third kappa shape index (κ3) is 1.86. The summed E-state index contributed by atoms with van der Waals surface area (Å²) in [6, 6.07) is 3.90. The molecular formula is C9H9N. The van der Waals surface area contributed by atoms with Crippen LogP contribution in [0.5, 0.6) is 0 Å². The zero-order chi connectivity index (χ0) is 7.23. The van der Waals surface area contributed by atoms with Gasteiger partial charge in [-0.15, -0.1) is 0 Å². The Balaban J connectivity index is 2.76. The van der Waals surface area contributed by atoms with Crippen molar-refractivity contribution < 1.29 is 0 Å². The molecule has 0 N–H and O–H groups in total. The largest absolute Gasteiger partial charge is 0.264 e. The van der Waals surface area contributed by atoms with Crippen molar-refractivity contribution >= 4 is 6.08 Å². The second-order valence-corrected chi connectivity index (χ2v) is 1.88. The van der Waals surface area contributed by atoms with Crippen LogP contribution in [0.15, 0.2) is 43.3 Å². The highest BCUT2D eigenvalue weighted by Crippen LogP contribution is 1.97. The zero-order valence-electron chi connectivity index (χ0n) is 5.70. The summed E-state index contributed by atoms with van der Waals surface area (Å²) >= 11 is 0. The van der Waals surface area contributed by atoms with E-state index in [4.69, 9.17) is 0 Å². The maximum atomic E-state index is 3.95. The van der Waals surface area contributed by atoms with Crippen LogP contribution >= 0.6 is 0 Å². The zero-order valence-corrected chi connectivity index (χ0v) is 5.70. The van der Waals surface area contributed by atoms with Crippen LogP contribution in [-0.4, -0.2) is 4.98 Å². The Labute approximate surface area is 60.7 Å². The Bertz CT molecular complexity index is 224. The van der Waals surface area contributed by atoms with E-state index in [2.05, 4.69) is 11.6 Å². The molecule has 0 aliphatic carbocycles. The van der Waals surface area contributed by atoms with Gasteiger partial charge >= 0.3 is 0 Å². The molecule has 1 heterocycles. The van der Waals surface area contributed by atoms with Gasteiger partial charge in [0.05, 0.1) is 0 Å². The van der Waals surface area contributed by atoms with Gasteiger partial charge in [-0.05, 0) is 11.6 Å². The van der Waals surface area contributed by atoms with Crippen molar-refractivity contribution in [2.75, 3.05) is 0 Å². The Hall–Kier alpha value is -1.37. The van der Waals surface area contributed by atoms with Gasteiger partial charge in [0.15, 0.2) is 0 Å². The lowest BCUT2D eigenvalue weighted by Crippen LogP contribution is -1.71. The van der Waals surface area contributed by atoms with E-state index in [1.807, 2.05) is 24.3 Å². The smallest absolute Gasteiger partial charge is 0.0340 e. The SMILES string of the molecule is C=CC=Cc1cccnc1. The number of nitrogens with zero attached hydrogens (tertiary/aromatic N) is 1. The Morgan fingerprint density at radius 1 is 1.50 bits per heavy atom. The number of rotatable bonds is 2. The summed E-state index contributed by atoms with van der Waals surface area (Å²) in [7, 11) is 0. The molecule has 1 aromatic heterocycles. The van der Waals surface area contributed by atoms with Crippen molar-refractivity contribution in [3.63, 3.8) is 0 Å². The summed E-state index contributed by atoms with van der Waals surface area (Å²) in [5.74, 6) is 0. The minimum Gasteiger partial charge on any atom is -0.264 e. The number of pyridine rings is 1. The Kier molecular flexibility index (Phi) is 2.44. The first-order valence-electron chi connectivity index (χ1n) is 3.12. The molecular weight excluding hydrogens is 122 g/mol. The van der Waals surface area contributed by atoms with E-state index in [9.17, 15) is 0 Å². The summed E-state index contributed by atoms with van der Waals surface area (Å²) in [5, 5.41) is 0. The summed E-state index contributed by atoms with van der Waals surface area (Å²) in [6.45, 7) is 3.57. The van der Waals surface area contributed by atoms with Gasteiger partial charge < -0.3 is 0 Å². The first kappa shape index (κ1) is 6.75. The average Bonchev–Trinajstić information content (AvgIpc) is 2.03. The predicted molar refractivity (Wildman–Crippen MR) is 43.5 cm³/mol. The van der Waals surface area contributed by atoms with Crippen LogP contribution in [-0.2, 0) is 0 Å². The van der Waals surface area contributed by atoms with Crippen molar-refractivity contribution in [3.8, 4) is 0 Å². The normalized spacial score (nSPS) is 10.0. The second-order valence-electron chi connectivity index (χ2n) is 1.88. The van der Waals surface area contributed by atoms with Gasteiger partial charge in [-0.2, -0.15) is 0 Å². The number of aromatic nitrogens is 1. The monoisotopic (exact) mass is 131 g/mol. The van der Waals surface area contributed by atoms with Crippen LogP contribution in [0, 0.1) is 0 Å². The highest BCUT2D eigenvalue weighted by Gasteiger charge is 1.79. The van der Waals surface area contributed by atoms with Crippen molar-refractivity contribution in [1.29, 1.82) is 0 Å². The molecule has 0 aliphatic heterocycles. The first-order chi connectivity index (χ1) is 4.93. The molecule has 0 saturated carbocycles. The summed E-state index contributed by atoms with van der Waals surface area (Å²) in [5.41, 5.74) is 1.10. The average molecular weight is 131 g/mol. The molecule has 1 aromatic rings. The van der Waals surface area contributed by atoms with Crippen LogP contribution in [0.2, 0.25) is 0 Å². The Morgan fingerprint density at radius 3 is 3.00 bits per heavy atom. The minimum atomic E-state index is 1.10. The van der Waals surface area contributed by atoms with Gasteiger partial charge in [-0.25, -0.2) is 0 Å². The van der Waals surface area contributed by atoms with E-state index in [0.29, 0.717) is 0 Å². The molecule has 0 bridgehead atoms. The lowest BCUT2D eigenvalue weighted by atomic mass is 10.2. The van der Waals surface area contributed by atoms with Crippen LogP contribution in [0.3, 0.4) is 0 Å².